The maximum Gasteiger partial charge on any atom is 0.310 e. The molecule has 0 radical (unpaired) electrons. The molecule has 9 heteroatoms. The van der Waals surface area contributed by atoms with Gasteiger partial charge in [0.25, 0.3) is 0 Å². The number of allylic oxidation sites excluding steroid dienone is 8. The number of imidazole rings is 1. The number of hydrogen-bond acceptors (Lipinski definition) is 7. The van der Waals surface area contributed by atoms with Gasteiger partial charge in [0.05, 0.1) is 13.0 Å². The molecule has 0 spiro atoms. The van der Waals surface area contributed by atoms with E-state index >= 15 is 0 Å². The van der Waals surface area contributed by atoms with E-state index in [0.717, 1.165) is 51.4 Å². The van der Waals surface area contributed by atoms with Gasteiger partial charge in [0.1, 0.15) is 18.8 Å². The zero-order valence-electron chi connectivity index (χ0n) is 41.8. The molecule has 1 heterocycles. The Kier molecular flexibility index (Phi) is 42.5. The van der Waals surface area contributed by atoms with Crippen LogP contribution >= 0.6 is 0 Å². The molecule has 1 saturated carbocycles. The first-order chi connectivity index (χ1) is 31.6. The number of carbonyl (C=O) groups is 2. The second-order valence-corrected chi connectivity index (χ2v) is 18.3. The van der Waals surface area contributed by atoms with Crippen molar-refractivity contribution in [1.29, 1.82) is 0 Å². The molecule has 0 saturated heterocycles. The number of ether oxygens (including phenoxy) is 4. The molecule has 372 valence electrons. The molecule has 1 aromatic rings. The minimum Gasteiger partial charge on any atom is -0.463 e. The SMILES string of the molecule is CC/C=C\CC1C(CC(=O)OCC(COCCCCCCCC/C=C\C/C=C\CCCCC)OCCCCCCCC/C=C\CCCCCCCC)CCC1OC(=O)Cc1c[n-]cn1.[Mo]. The topological polar surface area (TPSA) is 98.0 Å². The van der Waals surface area contributed by atoms with Gasteiger partial charge in [-0.25, -0.2) is 0 Å². The Bertz CT molecular complexity index is 1330. The predicted molar refractivity (Wildman–Crippen MR) is 266 cm³/mol. The van der Waals surface area contributed by atoms with Crippen molar-refractivity contribution in [1.82, 2.24) is 9.97 Å². The summed E-state index contributed by atoms with van der Waals surface area (Å²) < 4.78 is 24.3. The molecule has 0 bridgehead atoms. The van der Waals surface area contributed by atoms with Crippen LogP contribution in [0.1, 0.15) is 226 Å². The molecule has 1 aliphatic carbocycles. The summed E-state index contributed by atoms with van der Waals surface area (Å²) in [4.78, 5) is 34.1. The summed E-state index contributed by atoms with van der Waals surface area (Å²) >= 11 is 0. The van der Waals surface area contributed by atoms with Gasteiger partial charge in [-0.1, -0.05) is 184 Å². The summed E-state index contributed by atoms with van der Waals surface area (Å²) in [6.45, 7) is 8.61. The molecule has 1 aliphatic rings. The molecule has 0 aromatic carbocycles. The maximum absolute atomic E-state index is 13.3. The van der Waals surface area contributed by atoms with E-state index in [-0.39, 0.29) is 70.1 Å². The molecular weight excluding hydrogens is 893 g/mol. The normalized spacial score (nSPS) is 16.9. The Hall–Kier alpha value is -2.28. The van der Waals surface area contributed by atoms with Gasteiger partial charge in [-0.2, -0.15) is 0 Å². The zero-order chi connectivity index (χ0) is 45.8. The minimum absolute atomic E-state index is 0. The summed E-state index contributed by atoms with van der Waals surface area (Å²) in [6, 6.07) is 0. The molecule has 0 aliphatic heterocycles. The average molecular weight is 988 g/mol. The van der Waals surface area contributed by atoms with Gasteiger partial charge in [0.2, 0.25) is 0 Å². The first-order valence-corrected chi connectivity index (χ1v) is 26.6. The van der Waals surface area contributed by atoms with Crippen LogP contribution in [0.3, 0.4) is 0 Å². The molecule has 2 rings (SSSR count). The van der Waals surface area contributed by atoms with Gasteiger partial charge >= 0.3 is 11.9 Å². The van der Waals surface area contributed by atoms with E-state index in [4.69, 9.17) is 18.9 Å². The molecule has 4 atom stereocenters. The standard InChI is InChI=1S/C56H95N2O6.Mo/c1-4-7-10-12-14-16-18-20-22-24-26-28-30-32-34-37-42-61-47-52(62-43-38-35-33-31-29-27-25-23-21-19-17-15-13-11-8-5-2)48-63-55(59)44-50-40-41-54(53(50)39-36-9-6-3)64-56(60)45-51-46-57-49-58-51;/h9,14,16,20-23,36,46,49-50,52-54H,4-8,10-13,15,17-19,24-35,37-45,47-48H2,1-3H3;/q-1;/b16-14-,22-20-,23-21-,36-9-;. The van der Waals surface area contributed by atoms with E-state index < -0.39 is 0 Å². The number of esters is 2. The van der Waals surface area contributed by atoms with E-state index in [1.807, 2.05) is 0 Å². The molecule has 0 amide bonds. The summed E-state index contributed by atoms with van der Waals surface area (Å²) in [5.74, 6) is -0.355. The third-order valence-electron chi connectivity index (χ3n) is 12.5. The van der Waals surface area contributed by atoms with E-state index in [1.165, 1.54) is 148 Å². The molecule has 1 fully saturated rings. The van der Waals surface area contributed by atoms with Gasteiger partial charge in [-0.15, -0.1) is 0 Å². The number of unbranched alkanes of at least 4 members (excludes halogenated alkanes) is 21. The Morgan fingerprint density at radius 2 is 1.20 bits per heavy atom. The van der Waals surface area contributed by atoms with Gasteiger partial charge in [0, 0.05) is 46.6 Å². The fourth-order valence-corrected chi connectivity index (χ4v) is 8.59. The van der Waals surface area contributed by atoms with Crippen LogP contribution in [0.15, 0.2) is 61.1 Å². The second-order valence-electron chi connectivity index (χ2n) is 18.3. The monoisotopic (exact) mass is 990 g/mol. The quantitative estimate of drug-likeness (QED) is 0.0276. The van der Waals surface area contributed by atoms with Gasteiger partial charge in [0.15, 0.2) is 0 Å². The van der Waals surface area contributed by atoms with Crippen molar-refractivity contribution in [3.63, 3.8) is 0 Å². The molecule has 65 heavy (non-hydrogen) atoms. The second kappa shape index (κ2) is 45.5. The van der Waals surface area contributed by atoms with E-state index in [9.17, 15) is 9.59 Å². The average Bonchev–Trinajstić information content (AvgIpc) is 3.95. The number of nitrogens with zero attached hydrogens (tertiary/aromatic N) is 2. The van der Waals surface area contributed by atoms with Crippen molar-refractivity contribution < 1.29 is 49.6 Å². The summed E-state index contributed by atoms with van der Waals surface area (Å²) in [6.07, 6.45) is 57.0. The Labute approximate surface area is 413 Å². The maximum atomic E-state index is 13.3. The third kappa shape index (κ3) is 35.5. The largest absolute Gasteiger partial charge is 0.463 e. The van der Waals surface area contributed by atoms with Crippen molar-refractivity contribution in [2.45, 2.75) is 238 Å². The molecular formula is C56H95MoN2O6-. The number of aromatic nitrogens is 2. The number of rotatable bonds is 44. The smallest absolute Gasteiger partial charge is 0.310 e. The fourth-order valence-electron chi connectivity index (χ4n) is 8.59. The first-order valence-electron chi connectivity index (χ1n) is 26.6. The van der Waals surface area contributed by atoms with Gasteiger partial charge in [-0.3, -0.25) is 9.59 Å². The Morgan fingerprint density at radius 3 is 1.80 bits per heavy atom. The number of hydrogen-bond donors (Lipinski definition) is 0. The van der Waals surface area contributed by atoms with Crippen molar-refractivity contribution in [2.75, 3.05) is 26.4 Å². The molecule has 1 aromatic heterocycles. The van der Waals surface area contributed by atoms with E-state index in [0.29, 0.717) is 31.9 Å². The molecule has 4 unspecified atom stereocenters. The Balaban J connectivity index is 0.0000211. The van der Waals surface area contributed by atoms with Crippen molar-refractivity contribution in [3.05, 3.63) is 66.8 Å². The van der Waals surface area contributed by atoms with Crippen molar-refractivity contribution in [2.24, 2.45) is 11.8 Å². The minimum atomic E-state index is -0.296. The molecule has 0 N–H and O–H groups in total. The third-order valence-corrected chi connectivity index (χ3v) is 12.5. The van der Waals surface area contributed by atoms with Crippen LogP contribution in [0.5, 0.6) is 0 Å². The van der Waals surface area contributed by atoms with Crippen LogP contribution in [0.2, 0.25) is 0 Å². The van der Waals surface area contributed by atoms with Crippen LogP contribution in [-0.2, 0) is 56.0 Å². The predicted octanol–water partition coefficient (Wildman–Crippen LogP) is 15.1. The molecule has 8 nitrogen and oxygen atoms in total. The van der Waals surface area contributed by atoms with E-state index in [1.54, 1.807) is 6.20 Å². The Morgan fingerprint density at radius 1 is 0.646 bits per heavy atom. The van der Waals surface area contributed by atoms with Crippen LogP contribution in [0, 0.1) is 11.8 Å². The summed E-state index contributed by atoms with van der Waals surface area (Å²) in [5, 5.41) is 0. The zero-order valence-corrected chi connectivity index (χ0v) is 43.8. The first kappa shape index (κ1) is 60.7. The van der Waals surface area contributed by atoms with Crippen LogP contribution in [-0.4, -0.2) is 55.6 Å². The number of carbonyl (C=O) groups excluding carboxylic acids is 2. The van der Waals surface area contributed by atoms with Crippen LogP contribution in [0.25, 0.3) is 0 Å². The van der Waals surface area contributed by atoms with Crippen LogP contribution in [0.4, 0.5) is 0 Å². The van der Waals surface area contributed by atoms with Gasteiger partial charge in [-0.05, 0) is 102 Å². The van der Waals surface area contributed by atoms with Crippen molar-refractivity contribution >= 4 is 11.9 Å². The fraction of sp³-hybridized carbons (Fsp3) is 0.768. The van der Waals surface area contributed by atoms with Gasteiger partial charge < -0.3 is 28.9 Å². The summed E-state index contributed by atoms with van der Waals surface area (Å²) in [7, 11) is 0. The van der Waals surface area contributed by atoms with Crippen LogP contribution < -0.4 is 4.98 Å². The summed E-state index contributed by atoms with van der Waals surface area (Å²) in [5.41, 5.74) is 0.612. The van der Waals surface area contributed by atoms with E-state index in [2.05, 4.69) is 79.3 Å². The van der Waals surface area contributed by atoms with Crippen molar-refractivity contribution in [3.8, 4) is 0 Å².